The van der Waals surface area contributed by atoms with Crippen molar-refractivity contribution < 1.29 is 33.5 Å². The highest BCUT2D eigenvalue weighted by Gasteiger charge is 2.40. The van der Waals surface area contributed by atoms with Gasteiger partial charge < -0.3 is 29.5 Å². The number of nitrogens with zero attached hydrogens (tertiary/aromatic N) is 3. The topological polar surface area (TPSA) is 142 Å². The number of nitrogens with one attached hydrogen (secondary N) is 1. The van der Waals surface area contributed by atoms with Crippen LogP contribution in [0.25, 0.3) is 6.08 Å². The second-order valence-electron chi connectivity index (χ2n) is 11.1. The van der Waals surface area contributed by atoms with E-state index in [0.29, 0.717) is 64.3 Å². The Morgan fingerprint density at radius 3 is 2.53 bits per heavy atom. The molecule has 11 nitrogen and oxygen atoms in total. The summed E-state index contributed by atoms with van der Waals surface area (Å²) in [6, 6.07) is 17.4. The smallest absolute Gasteiger partial charge is 0.290 e. The highest BCUT2D eigenvalue weighted by atomic mass is 16.5. The molecule has 1 saturated heterocycles. The summed E-state index contributed by atoms with van der Waals surface area (Å²) in [6.45, 7) is 6.03. The summed E-state index contributed by atoms with van der Waals surface area (Å²) in [5, 5.41) is 14.0. The minimum atomic E-state index is -0.384. The SMILES string of the molecule is Cc1noc(C)c1CCC(=O)N1CCCNC(=O)[C@H]2CN(C(=O)/C=C/c3ccccc3)C[C@@H]2c2cccc(c2)OCC1.O=CO. The molecule has 1 aromatic heterocycles. The van der Waals surface area contributed by atoms with Crippen LogP contribution in [-0.4, -0.2) is 83.6 Å². The van der Waals surface area contributed by atoms with Crippen molar-refractivity contribution in [2.45, 2.75) is 39.0 Å². The first-order valence-electron chi connectivity index (χ1n) is 15.1. The fourth-order valence-corrected chi connectivity index (χ4v) is 5.76. The molecular formula is C34H40N4O7. The number of aryl methyl sites for hydroxylation is 2. The maximum Gasteiger partial charge on any atom is 0.290 e. The molecule has 45 heavy (non-hydrogen) atoms. The molecule has 2 aromatic carbocycles. The highest BCUT2D eigenvalue weighted by molar-refractivity contribution is 5.93. The van der Waals surface area contributed by atoms with Crippen LogP contribution in [0.15, 0.2) is 65.2 Å². The fourth-order valence-electron chi connectivity index (χ4n) is 5.76. The molecule has 0 unspecified atom stereocenters. The maximum atomic E-state index is 13.4. The Morgan fingerprint density at radius 2 is 1.80 bits per heavy atom. The predicted molar refractivity (Wildman–Crippen MR) is 167 cm³/mol. The molecule has 3 amide bonds. The first kappa shape index (κ1) is 33.0. The zero-order valence-electron chi connectivity index (χ0n) is 25.7. The molecular weight excluding hydrogens is 576 g/mol. The lowest BCUT2D eigenvalue weighted by molar-refractivity contribution is -0.131. The molecule has 0 spiro atoms. The maximum absolute atomic E-state index is 13.4. The van der Waals surface area contributed by atoms with E-state index < -0.39 is 0 Å². The number of carbonyl (C=O) groups excluding carboxylic acids is 3. The summed E-state index contributed by atoms with van der Waals surface area (Å²) < 4.78 is 11.3. The van der Waals surface area contributed by atoms with Gasteiger partial charge in [-0.3, -0.25) is 19.2 Å². The van der Waals surface area contributed by atoms with Crippen molar-refractivity contribution in [1.29, 1.82) is 0 Å². The van der Waals surface area contributed by atoms with Crippen LogP contribution < -0.4 is 10.1 Å². The number of hydrogen-bond donors (Lipinski definition) is 2. The Balaban J connectivity index is 0.00000148. The fraction of sp³-hybridized carbons (Fsp3) is 0.382. The molecule has 1 fully saturated rings. The third-order valence-corrected chi connectivity index (χ3v) is 8.13. The van der Waals surface area contributed by atoms with Gasteiger partial charge in [0, 0.05) is 50.2 Å². The van der Waals surface area contributed by atoms with Gasteiger partial charge in [-0.2, -0.15) is 0 Å². The van der Waals surface area contributed by atoms with E-state index in [9.17, 15) is 14.4 Å². The van der Waals surface area contributed by atoms with E-state index in [2.05, 4.69) is 10.5 Å². The number of benzene rings is 2. The molecule has 0 radical (unpaired) electrons. The number of likely N-dealkylation sites (tertiary alicyclic amines) is 1. The Bertz CT molecular complexity index is 1470. The normalized spacial score (nSPS) is 18.6. The van der Waals surface area contributed by atoms with Gasteiger partial charge in [-0.25, -0.2) is 0 Å². The summed E-state index contributed by atoms with van der Waals surface area (Å²) in [5.74, 6) is 0.722. The highest BCUT2D eigenvalue weighted by Crippen LogP contribution is 2.35. The van der Waals surface area contributed by atoms with Crippen molar-refractivity contribution in [3.8, 4) is 5.75 Å². The van der Waals surface area contributed by atoms with Gasteiger partial charge in [-0.05, 0) is 56.0 Å². The van der Waals surface area contributed by atoms with Gasteiger partial charge in [-0.1, -0.05) is 47.6 Å². The molecule has 2 aliphatic rings. The molecule has 3 heterocycles. The summed E-state index contributed by atoms with van der Waals surface area (Å²) in [6.07, 6.45) is 4.90. The largest absolute Gasteiger partial charge is 0.492 e. The van der Waals surface area contributed by atoms with E-state index in [0.717, 1.165) is 28.1 Å². The van der Waals surface area contributed by atoms with Gasteiger partial charge in [0.1, 0.15) is 18.1 Å². The van der Waals surface area contributed by atoms with E-state index in [-0.39, 0.29) is 36.0 Å². The van der Waals surface area contributed by atoms with Gasteiger partial charge in [0.2, 0.25) is 17.7 Å². The number of rotatable bonds is 5. The number of aromatic nitrogens is 1. The number of amides is 3. The summed E-state index contributed by atoms with van der Waals surface area (Å²) in [4.78, 5) is 51.6. The van der Waals surface area contributed by atoms with Crippen LogP contribution >= 0.6 is 0 Å². The average molecular weight is 617 g/mol. The zero-order valence-corrected chi connectivity index (χ0v) is 25.7. The summed E-state index contributed by atoms with van der Waals surface area (Å²) in [7, 11) is 0. The molecule has 2 atom stereocenters. The second-order valence-corrected chi connectivity index (χ2v) is 11.1. The molecule has 11 heteroatoms. The van der Waals surface area contributed by atoms with Crippen LogP contribution in [0.5, 0.6) is 5.75 Å². The molecule has 2 N–H and O–H groups in total. The van der Waals surface area contributed by atoms with Crippen molar-refractivity contribution in [3.63, 3.8) is 0 Å². The monoisotopic (exact) mass is 616 g/mol. The van der Waals surface area contributed by atoms with Gasteiger partial charge in [0.15, 0.2) is 0 Å². The van der Waals surface area contributed by atoms with Crippen LogP contribution in [0, 0.1) is 19.8 Å². The van der Waals surface area contributed by atoms with E-state index in [1.807, 2.05) is 68.4 Å². The Hall–Kier alpha value is -4.93. The number of carboxylic acid groups (broad SMARTS) is 1. The number of ether oxygens (including phenoxy) is 1. The lowest BCUT2D eigenvalue weighted by Gasteiger charge is -2.24. The Labute approximate surface area is 262 Å². The first-order valence-corrected chi connectivity index (χ1v) is 15.1. The Kier molecular flexibility index (Phi) is 11.9. The number of fused-ring (bicyclic) bond motifs is 4. The van der Waals surface area contributed by atoms with E-state index >= 15 is 0 Å². The van der Waals surface area contributed by atoms with Gasteiger partial charge in [0.05, 0.1) is 18.2 Å². The van der Waals surface area contributed by atoms with Crippen molar-refractivity contribution in [1.82, 2.24) is 20.3 Å². The van der Waals surface area contributed by atoms with Gasteiger partial charge in [-0.15, -0.1) is 0 Å². The van der Waals surface area contributed by atoms with Gasteiger partial charge in [0.25, 0.3) is 6.47 Å². The third-order valence-electron chi connectivity index (χ3n) is 8.13. The van der Waals surface area contributed by atoms with Crippen LogP contribution in [0.3, 0.4) is 0 Å². The molecule has 2 aliphatic heterocycles. The standard InChI is InChI=1S/C33H38N4O5.CH2O2/c1-23-28(24(2)42-35-23)13-15-31(38)36-17-7-16-34-33(40)30-22-37(32(39)14-12-25-8-4-3-5-9-25)21-29(30)26-10-6-11-27(20-26)41-19-18-36;2-1-3/h3-6,8-12,14,20,29-30H,7,13,15-19,21-22H2,1-2H3,(H,34,40);1H,(H,2,3)/b14-12+;/t29-,30+;/m1./s1. The predicted octanol–water partition coefficient (Wildman–Crippen LogP) is 3.61. The number of carbonyl (C=O) groups is 4. The van der Waals surface area contributed by atoms with Crippen molar-refractivity contribution in [2.75, 3.05) is 39.3 Å². The van der Waals surface area contributed by atoms with E-state index in [1.54, 1.807) is 22.0 Å². The lowest BCUT2D eigenvalue weighted by Crippen LogP contribution is -2.39. The zero-order chi connectivity index (χ0) is 32.2. The third kappa shape index (κ3) is 9.04. The summed E-state index contributed by atoms with van der Waals surface area (Å²) >= 11 is 0. The molecule has 0 aliphatic carbocycles. The van der Waals surface area contributed by atoms with Crippen molar-refractivity contribution in [3.05, 3.63) is 88.8 Å². The van der Waals surface area contributed by atoms with Crippen molar-refractivity contribution >= 4 is 30.3 Å². The quantitative estimate of drug-likeness (QED) is 0.327. The molecule has 2 bridgehead atoms. The second kappa shape index (κ2) is 16.2. The van der Waals surface area contributed by atoms with Crippen LogP contribution in [-0.2, 0) is 25.6 Å². The van der Waals surface area contributed by atoms with Crippen LogP contribution in [0.1, 0.15) is 46.9 Å². The van der Waals surface area contributed by atoms with E-state index in [4.69, 9.17) is 19.2 Å². The Morgan fingerprint density at radius 1 is 1.04 bits per heavy atom. The minimum Gasteiger partial charge on any atom is -0.492 e. The molecule has 5 rings (SSSR count). The molecule has 0 saturated carbocycles. The molecule has 238 valence electrons. The summed E-state index contributed by atoms with van der Waals surface area (Å²) in [5.41, 5.74) is 3.69. The van der Waals surface area contributed by atoms with E-state index in [1.165, 1.54) is 0 Å². The lowest BCUT2D eigenvalue weighted by atomic mass is 9.88. The van der Waals surface area contributed by atoms with Crippen LogP contribution in [0.4, 0.5) is 0 Å². The minimum absolute atomic E-state index is 0.0272. The van der Waals surface area contributed by atoms with Crippen LogP contribution in [0.2, 0.25) is 0 Å². The average Bonchev–Trinajstić information content (AvgIpc) is 3.63. The van der Waals surface area contributed by atoms with Gasteiger partial charge >= 0.3 is 0 Å². The van der Waals surface area contributed by atoms with Crippen molar-refractivity contribution in [2.24, 2.45) is 5.92 Å². The molecule has 3 aromatic rings. The first-order chi connectivity index (χ1) is 21.8. The number of hydrogen-bond acceptors (Lipinski definition) is 7.